The lowest BCUT2D eigenvalue weighted by atomic mass is 10.2. The Bertz CT molecular complexity index is 276. The van der Waals surface area contributed by atoms with Gasteiger partial charge in [0.05, 0.1) is 0 Å². The van der Waals surface area contributed by atoms with Crippen molar-refractivity contribution >= 4 is 23.4 Å². The highest BCUT2D eigenvalue weighted by atomic mass is 35.5. The highest BCUT2D eigenvalue weighted by Gasteiger charge is 2.04. The zero-order valence-corrected chi connectivity index (χ0v) is 9.50. The van der Waals surface area contributed by atoms with Crippen LogP contribution in [0.3, 0.4) is 0 Å². The lowest BCUT2D eigenvalue weighted by Crippen LogP contribution is -2.12. The van der Waals surface area contributed by atoms with Crippen molar-refractivity contribution in [3.8, 4) is 0 Å². The van der Waals surface area contributed by atoms with Crippen LogP contribution in [0.15, 0.2) is 23.1 Å². The summed E-state index contributed by atoms with van der Waals surface area (Å²) in [5.41, 5.74) is 1.21. The van der Waals surface area contributed by atoms with Gasteiger partial charge in [0, 0.05) is 16.5 Å². The van der Waals surface area contributed by atoms with Gasteiger partial charge in [0.1, 0.15) is 0 Å². The van der Waals surface area contributed by atoms with Gasteiger partial charge in [-0.05, 0) is 30.5 Å². The highest BCUT2D eigenvalue weighted by Crippen LogP contribution is 2.26. The van der Waals surface area contributed by atoms with Gasteiger partial charge in [0.25, 0.3) is 0 Å². The molecule has 0 bridgehead atoms. The van der Waals surface area contributed by atoms with Crippen molar-refractivity contribution in [2.45, 2.75) is 18.4 Å². The molecule has 0 spiro atoms. The summed E-state index contributed by atoms with van der Waals surface area (Å²) in [7, 11) is 0. The fourth-order valence-corrected chi connectivity index (χ4v) is 2.09. The average Bonchev–Trinajstić information content (AvgIpc) is 2.15. The Kier molecular flexibility index (Phi) is 4.64. The predicted molar refractivity (Wildman–Crippen MR) is 60.6 cm³/mol. The summed E-state index contributed by atoms with van der Waals surface area (Å²) >= 11 is 7.83. The minimum atomic E-state index is 0.854. The maximum absolute atomic E-state index is 6.09. The zero-order valence-electron chi connectivity index (χ0n) is 7.93. The highest BCUT2D eigenvalue weighted by molar-refractivity contribution is 7.98. The molecule has 1 aromatic rings. The van der Waals surface area contributed by atoms with E-state index < -0.39 is 0 Å². The molecular weight excluding hydrogens is 202 g/mol. The summed E-state index contributed by atoms with van der Waals surface area (Å²) < 4.78 is 0. The van der Waals surface area contributed by atoms with Crippen molar-refractivity contribution in [3.05, 3.63) is 28.8 Å². The van der Waals surface area contributed by atoms with Gasteiger partial charge in [0.15, 0.2) is 0 Å². The van der Waals surface area contributed by atoms with Crippen molar-refractivity contribution in [3.63, 3.8) is 0 Å². The van der Waals surface area contributed by atoms with E-state index in [0.717, 1.165) is 18.1 Å². The molecule has 1 rings (SSSR count). The Balaban J connectivity index is 2.87. The number of thioether (sulfide) groups is 1. The molecule has 0 aliphatic rings. The second-order valence-corrected chi connectivity index (χ2v) is 3.96. The lowest BCUT2D eigenvalue weighted by Gasteiger charge is -2.09. The molecule has 0 atom stereocenters. The van der Waals surface area contributed by atoms with Crippen LogP contribution >= 0.6 is 23.4 Å². The number of hydrogen-bond donors (Lipinski definition) is 1. The van der Waals surface area contributed by atoms with Crippen LogP contribution in [-0.2, 0) is 6.54 Å². The van der Waals surface area contributed by atoms with Crippen molar-refractivity contribution in [2.75, 3.05) is 12.8 Å². The molecule has 0 radical (unpaired) electrons. The topological polar surface area (TPSA) is 12.0 Å². The summed E-state index contributed by atoms with van der Waals surface area (Å²) in [6.07, 6.45) is 2.07. The molecule has 0 unspecified atom stereocenters. The van der Waals surface area contributed by atoms with E-state index in [1.807, 2.05) is 12.1 Å². The predicted octanol–water partition coefficient (Wildman–Crippen LogP) is 3.17. The molecule has 0 aliphatic heterocycles. The second kappa shape index (κ2) is 5.53. The van der Waals surface area contributed by atoms with Crippen LogP contribution in [0.4, 0.5) is 0 Å². The number of hydrogen-bond acceptors (Lipinski definition) is 2. The van der Waals surface area contributed by atoms with E-state index in [9.17, 15) is 0 Å². The Labute approximate surface area is 88.9 Å². The minimum Gasteiger partial charge on any atom is -0.313 e. The molecule has 13 heavy (non-hydrogen) atoms. The monoisotopic (exact) mass is 215 g/mol. The minimum absolute atomic E-state index is 0.854. The van der Waals surface area contributed by atoms with Gasteiger partial charge in [0.2, 0.25) is 0 Å². The Morgan fingerprint density at radius 2 is 2.23 bits per heavy atom. The Morgan fingerprint density at radius 1 is 1.46 bits per heavy atom. The molecule has 0 saturated carbocycles. The summed E-state index contributed by atoms with van der Waals surface area (Å²) in [4.78, 5) is 1.26. The van der Waals surface area contributed by atoms with E-state index in [0.29, 0.717) is 0 Å². The first-order chi connectivity index (χ1) is 6.29. The summed E-state index contributed by atoms with van der Waals surface area (Å²) in [6, 6.07) is 6.03. The van der Waals surface area contributed by atoms with Crippen LogP contribution < -0.4 is 5.32 Å². The summed E-state index contributed by atoms with van der Waals surface area (Å²) in [5, 5.41) is 4.14. The van der Waals surface area contributed by atoms with Gasteiger partial charge in [-0.25, -0.2) is 0 Å². The summed E-state index contributed by atoms with van der Waals surface area (Å²) in [6.45, 7) is 3.92. The summed E-state index contributed by atoms with van der Waals surface area (Å²) in [5.74, 6) is 0. The Morgan fingerprint density at radius 3 is 2.85 bits per heavy atom. The van der Waals surface area contributed by atoms with Gasteiger partial charge in [-0.3, -0.25) is 0 Å². The van der Waals surface area contributed by atoms with Gasteiger partial charge in [-0.15, -0.1) is 11.8 Å². The molecule has 0 amide bonds. The molecule has 0 aliphatic carbocycles. The number of benzene rings is 1. The first kappa shape index (κ1) is 10.9. The average molecular weight is 216 g/mol. The molecule has 0 aromatic heterocycles. The normalized spacial score (nSPS) is 10.4. The van der Waals surface area contributed by atoms with Crippen LogP contribution in [0.1, 0.15) is 12.5 Å². The van der Waals surface area contributed by atoms with Gasteiger partial charge in [-0.1, -0.05) is 24.6 Å². The van der Waals surface area contributed by atoms with E-state index >= 15 is 0 Å². The lowest BCUT2D eigenvalue weighted by molar-refractivity contribution is 0.718. The van der Waals surface area contributed by atoms with E-state index in [-0.39, 0.29) is 0 Å². The quantitative estimate of drug-likeness (QED) is 0.775. The van der Waals surface area contributed by atoms with Crippen LogP contribution in [0.2, 0.25) is 5.02 Å². The van der Waals surface area contributed by atoms with Crippen LogP contribution in [0.5, 0.6) is 0 Å². The molecule has 0 heterocycles. The van der Waals surface area contributed by atoms with Crippen molar-refractivity contribution in [2.24, 2.45) is 0 Å². The van der Waals surface area contributed by atoms with Gasteiger partial charge in [-0.2, -0.15) is 0 Å². The number of nitrogens with one attached hydrogen (secondary N) is 1. The second-order valence-electron chi connectivity index (χ2n) is 2.70. The third-order valence-corrected chi connectivity index (χ3v) is 3.02. The number of rotatable bonds is 4. The molecule has 3 heteroatoms. The third-order valence-electron chi connectivity index (χ3n) is 1.85. The Hall–Kier alpha value is -0.180. The maximum Gasteiger partial charge on any atom is 0.0462 e. The molecule has 72 valence electrons. The fourth-order valence-electron chi connectivity index (χ4n) is 1.15. The third kappa shape index (κ3) is 2.90. The molecule has 1 aromatic carbocycles. The first-order valence-electron chi connectivity index (χ1n) is 4.31. The molecule has 1 N–H and O–H groups in total. The van der Waals surface area contributed by atoms with Crippen molar-refractivity contribution < 1.29 is 0 Å². The smallest absolute Gasteiger partial charge is 0.0462 e. The SMILES string of the molecule is CCNCc1c(Cl)cccc1SC. The fraction of sp³-hybridized carbons (Fsp3) is 0.400. The van der Waals surface area contributed by atoms with Crippen molar-refractivity contribution in [1.29, 1.82) is 0 Å². The van der Waals surface area contributed by atoms with Gasteiger partial charge < -0.3 is 5.32 Å². The van der Waals surface area contributed by atoms with E-state index in [1.165, 1.54) is 10.5 Å². The molecular formula is C10H14ClNS. The van der Waals surface area contributed by atoms with E-state index in [1.54, 1.807) is 11.8 Å². The molecule has 0 saturated heterocycles. The van der Waals surface area contributed by atoms with Crippen LogP contribution in [0.25, 0.3) is 0 Å². The van der Waals surface area contributed by atoms with E-state index in [2.05, 4.69) is 24.6 Å². The van der Waals surface area contributed by atoms with Crippen LogP contribution in [-0.4, -0.2) is 12.8 Å². The maximum atomic E-state index is 6.09. The van der Waals surface area contributed by atoms with Crippen LogP contribution in [0, 0.1) is 0 Å². The first-order valence-corrected chi connectivity index (χ1v) is 5.92. The van der Waals surface area contributed by atoms with E-state index in [4.69, 9.17) is 11.6 Å². The number of halogens is 1. The molecule has 0 fully saturated rings. The van der Waals surface area contributed by atoms with Crippen molar-refractivity contribution in [1.82, 2.24) is 5.32 Å². The standard InChI is InChI=1S/C10H14ClNS/c1-3-12-7-8-9(11)5-4-6-10(8)13-2/h4-6,12H,3,7H2,1-2H3. The van der Waals surface area contributed by atoms with Gasteiger partial charge >= 0.3 is 0 Å². The zero-order chi connectivity index (χ0) is 9.68. The largest absolute Gasteiger partial charge is 0.313 e. The molecule has 1 nitrogen and oxygen atoms in total.